The van der Waals surface area contributed by atoms with Crippen LogP contribution in [0.1, 0.15) is 50.7 Å². The second-order valence-electron chi connectivity index (χ2n) is 10.4. The molecule has 1 saturated heterocycles. The standard InChI is InChI=1S/C27H31Cl2N3O3S/c1-26(2,3)14-20-27(15-30,17-8-10-18(28)11-9-17)23(16-6-5-7-19(29)12-16)24(25(34)35)32(20)22(36-4)13-21(31)33/h5-12,20,22-24H,13-14H2,1-4H3,(H2,31,33)(H,34,35)/t20-,22?,23-,24+,27-/m0/s1. The molecule has 1 heterocycles. The van der Waals surface area contributed by atoms with Crippen LogP contribution in [0.15, 0.2) is 48.5 Å². The van der Waals surface area contributed by atoms with Crippen molar-refractivity contribution >= 4 is 46.8 Å². The first-order chi connectivity index (χ1) is 16.9. The summed E-state index contributed by atoms with van der Waals surface area (Å²) in [6.07, 6.45) is 2.28. The van der Waals surface area contributed by atoms with Gasteiger partial charge in [0, 0.05) is 22.0 Å². The van der Waals surface area contributed by atoms with Gasteiger partial charge in [0.05, 0.1) is 17.9 Å². The van der Waals surface area contributed by atoms with Gasteiger partial charge in [0.1, 0.15) is 11.5 Å². The molecule has 3 rings (SSSR count). The highest BCUT2D eigenvalue weighted by atomic mass is 35.5. The van der Waals surface area contributed by atoms with E-state index in [9.17, 15) is 20.0 Å². The SMILES string of the molecule is CSC(CC(N)=O)N1[C@@H](CC(C)(C)C)[C@](C#N)(c2ccc(Cl)cc2)[C@@H](c2cccc(Cl)c2)[C@@H]1C(=O)O. The van der Waals surface area contributed by atoms with Crippen LogP contribution in [-0.2, 0) is 15.0 Å². The van der Waals surface area contributed by atoms with Crippen molar-refractivity contribution in [1.29, 1.82) is 5.26 Å². The van der Waals surface area contributed by atoms with Crippen LogP contribution in [0.3, 0.4) is 0 Å². The van der Waals surface area contributed by atoms with Crippen molar-refractivity contribution in [3.63, 3.8) is 0 Å². The summed E-state index contributed by atoms with van der Waals surface area (Å²) in [6.45, 7) is 6.17. The van der Waals surface area contributed by atoms with E-state index in [1.165, 1.54) is 11.8 Å². The minimum atomic E-state index is -1.28. The van der Waals surface area contributed by atoms with E-state index < -0.39 is 40.7 Å². The van der Waals surface area contributed by atoms with E-state index in [0.717, 1.165) is 0 Å². The lowest BCUT2D eigenvalue weighted by Gasteiger charge is -2.41. The zero-order valence-electron chi connectivity index (χ0n) is 20.7. The first-order valence-electron chi connectivity index (χ1n) is 11.6. The largest absolute Gasteiger partial charge is 0.480 e. The molecule has 0 aromatic heterocycles. The summed E-state index contributed by atoms with van der Waals surface area (Å²) >= 11 is 13.9. The van der Waals surface area contributed by atoms with Crippen molar-refractivity contribution < 1.29 is 14.7 Å². The molecule has 0 saturated carbocycles. The highest BCUT2D eigenvalue weighted by Crippen LogP contribution is 2.57. The maximum Gasteiger partial charge on any atom is 0.321 e. The second-order valence-corrected chi connectivity index (χ2v) is 12.3. The van der Waals surface area contributed by atoms with Gasteiger partial charge in [-0.05, 0) is 53.5 Å². The Balaban J connectivity index is 2.44. The van der Waals surface area contributed by atoms with Gasteiger partial charge in [-0.1, -0.05) is 68.2 Å². The number of benzene rings is 2. The van der Waals surface area contributed by atoms with Crippen LogP contribution in [0.4, 0.5) is 0 Å². The molecule has 0 spiro atoms. The quantitative estimate of drug-likeness (QED) is 0.440. The van der Waals surface area contributed by atoms with Gasteiger partial charge in [0.15, 0.2) is 0 Å². The van der Waals surface area contributed by atoms with Crippen LogP contribution in [0, 0.1) is 16.7 Å². The van der Waals surface area contributed by atoms with E-state index in [-0.39, 0.29) is 11.8 Å². The van der Waals surface area contributed by atoms with Crippen molar-refractivity contribution in [1.82, 2.24) is 4.90 Å². The first-order valence-corrected chi connectivity index (χ1v) is 13.6. The monoisotopic (exact) mass is 547 g/mol. The summed E-state index contributed by atoms with van der Waals surface area (Å²) in [5.41, 5.74) is 5.37. The molecular weight excluding hydrogens is 517 g/mol. The Morgan fingerprint density at radius 1 is 1.19 bits per heavy atom. The van der Waals surface area contributed by atoms with Crippen LogP contribution in [-0.4, -0.2) is 45.6 Å². The summed E-state index contributed by atoms with van der Waals surface area (Å²) in [4.78, 5) is 27.0. The van der Waals surface area contributed by atoms with Crippen LogP contribution in [0.25, 0.3) is 0 Å². The molecule has 192 valence electrons. The third-order valence-corrected chi connectivity index (χ3v) is 8.21. The fourth-order valence-electron chi connectivity index (χ4n) is 5.49. The summed E-state index contributed by atoms with van der Waals surface area (Å²) < 4.78 is 0. The highest BCUT2D eigenvalue weighted by molar-refractivity contribution is 7.99. The molecule has 1 aliphatic heterocycles. The van der Waals surface area contributed by atoms with Crippen molar-refractivity contribution in [3.8, 4) is 6.07 Å². The Labute approximate surface area is 226 Å². The van der Waals surface area contributed by atoms with Crippen LogP contribution in [0.2, 0.25) is 10.0 Å². The number of carboxylic acid groups (broad SMARTS) is 1. The number of halogens is 2. The molecule has 1 aliphatic rings. The average molecular weight is 549 g/mol. The molecule has 1 unspecified atom stereocenters. The molecule has 0 aliphatic carbocycles. The van der Waals surface area contributed by atoms with Gasteiger partial charge in [-0.25, -0.2) is 0 Å². The third-order valence-electron chi connectivity index (χ3n) is 6.77. The number of nitriles is 1. The first kappa shape index (κ1) is 28.3. The van der Waals surface area contributed by atoms with Crippen molar-refractivity contribution in [3.05, 3.63) is 69.7 Å². The molecule has 2 aromatic carbocycles. The lowest BCUT2D eigenvalue weighted by molar-refractivity contribution is -0.144. The molecule has 1 amide bonds. The number of amides is 1. The molecule has 5 atom stereocenters. The number of hydrogen-bond acceptors (Lipinski definition) is 5. The number of nitrogens with zero attached hydrogens (tertiary/aromatic N) is 2. The Morgan fingerprint density at radius 3 is 2.31 bits per heavy atom. The summed E-state index contributed by atoms with van der Waals surface area (Å²) in [6, 6.07) is 15.0. The number of carboxylic acids is 1. The zero-order valence-corrected chi connectivity index (χ0v) is 23.1. The molecule has 3 N–H and O–H groups in total. The van der Waals surface area contributed by atoms with Gasteiger partial charge in [-0.3, -0.25) is 14.5 Å². The van der Waals surface area contributed by atoms with E-state index in [1.54, 1.807) is 42.5 Å². The molecule has 6 nitrogen and oxygen atoms in total. The zero-order chi connectivity index (χ0) is 26.8. The van der Waals surface area contributed by atoms with Crippen molar-refractivity contribution in [2.45, 2.75) is 62.4 Å². The van der Waals surface area contributed by atoms with Crippen molar-refractivity contribution in [2.24, 2.45) is 11.1 Å². The smallest absolute Gasteiger partial charge is 0.321 e. The van der Waals surface area contributed by atoms with E-state index in [4.69, 9.17) is 28.9 Å². The highest BCUT2D eigenvalue weighted by Gasteiger charge is 2.65. The molecule has 2 aromatic rings. The maximum atomic E-state index is 13.1. The van der Waals surface area contributed by atoms with E-state index in [2.05, 4.69) is 26.8 Å². The van der Waals surface area contributed by atoms with Crippen LogP contribution in [0.5, 0.6) is 0 Å². The van der Waals surface area contributed by atoms with Gasteiger partial charge < -0.3 is 10.8 Å². The lowest BCUT2D eigenvalue weighted by atomic mass is 9.63. The number of carbonyl (C=O) groups is 2. The predicted molar refractivity (Wildman–Crippen MR) is 145 cm³/mol. The van der Waals surface area contributed by atoms with E-state index >= 15 is 0 Å². The molecule has 0 bridgehead atoms. The average Bonchev–Trinajstić information content (AvgIpc) is 3.07. The molecule has 9 heteroatoms. The number of nitrogens with two attached hydrogens (primary N) is 1. The minimum Gasteiger partial charge on any atom is -0.480 e. The van der Waals surface area contributed by atoms with E-state index in [0.29, 0.717) is 27.6 Å². The Morgan fingerprint density at radius 2 is 1.83 bits per heavy atom. The maximum absolute atomic E-state index is 13.1. The summed E-state index contributed by atoms with van der Waals surface area (Å²) in [7, 11) is 0. The topological polar surface area (TPSA) is 107 Å². The van der Waals surface area contributed by atoms with Crippen molar-refractivity contribution in [2.75, 3.05) is 6.26 Å². The number of aliphatic carboxylic acids is 1. The summed E-state index contributed by atoms with van der Waals surface area (Å²) in [5.74, 6) is -2.39. The molecule has 0 radical (unpaired) electrons. The lowest BCUT2D eigenvalue weighted by Crippen LogP contribution is -2.51. The van der Waals surface area contributed by atoms with Gasteiger partial charge in [-0.2, -0.15) is 5.26 Å². The van der Waals surface area contributed by atoms with Gasteiger partial charge in [0.25, 0.3) is 0 Å². The second kappa shape index (κ2) is 11.0. The fraction of sp³-hybridized carbons (Fsp3) is 0.444. The number of carbonyl (C=O) groups excluding carboxylic acids is 1. The fourth-order valence-corrected chi connectivity index (χ4v) is 6.66. The van der Waals surface area contributed by atoms with Gasteiger partial charge in [-0.15, -0.1) is 11.8 Å². The molecule has 36 heavy (non-hydrogen) atoms. The number of hydrogen-bond donors (Lipinski definition) is 2. The Bertz CT molecular complexity index is 1160. The number of likely N-dealkylation sites (tertiary alicyclic amines) is 1. The van der Waals surface area contributed by atoms with Crippen LogP contribution >= 0.6 is 35.0 Å². The number of rotatable bonds is 8. The van der Waals surface area contributed by atoms with Gasteiger partial charge >= 0.3 is 5.97 Å². The molecular formula is C27H31Cl2N3O3S. The Kier molecular flexibility index (Phi) is 8.67. The molecule has 1 fully saturated rings. The summed E-state index contributed by atoms with van der Waals surface area (Å²) in [5, 5.41) is 22.1. The third kappa shape index (κ3) is 5.52. The number of thioether (sulfide) groups is 1. The minimum absolute atomic E-state index is 0.0457. The van der Waals surface area contributed by atoms with Crippen LogP contribution < -0.4 is 5.73 Å². The normalized spacial score (nSPS) is 25.3. The van der Waals surface area contributed by atoms with E-state index in [1.807, 2.05) is 17.2 Å². The predicted octanol–water partition coefficient (Wildman–Crippen LogP) is 5.68. The Hall–Kier alpha value is -2.24. The number of primary amides is 1. The van der Waals surface area contributed by atoms with Gasteiger partial charge in [0.2, 0.25) is 5.91 Å².